The highest BCUT2D eigenvalue weighted by molar-refractivity contribution is 7.45. The molecule has 0 aromatic heterocycles. The first-order valence-corrected chi connectivity index (χ1v) is 35.5. The second-order valence-electron chi connectivity index (χ2n) is 24.5. The average molecular weight is 1120 g/mol. The number of rotatable bonds is 63. The number of likely N-dealkylation sites (N-methyl/N-ethyl adjacent to an activating group) is 1. The van der Waals surface area contributed by atoms with Crippen molar-refractivity contribution in [1.82, 2.24) is 5.32 Å². The second-order valence-corrected chi connectivity index (χ2v) is 25.9. The quantitative estimate of drug-likeness (QED) is 0.0272. The molecule has 0 bridgehead atoms. The lowest BCUT2D eigenvalue weighted by Gasteiger charge is -2.29. The molecule has 0 saturated heterocycles. The number of allylic oxidation sites excluding steroid dienone is 7. The molecular weight excluding hydrogens is 984 g/mol. The number of phosphoric acid groups is 1. The first-order valence-electron chi connectivity index (χ1n) is 34.0. The summed E-state index contributed by atoms with van der Waals surface area (Å²) in [5.41, 5.74) is 0. The normalized spacial score (nSPS) is 14.0. The number of carbonyl (C=O) groups is 1. The van der Waals surface area contributed by atoms with Crippen molar-refractivity contribution < 1.29 is 32.9 Å². The number of nitrogens with zero attached hydrogens (tertiary/aromatic N) is 1. The predicted octanol–water partition coefficient (Wildman–Crippen LogP) is 20.8. The van der Waals surface area contributed by atoms with Crippen LogP contribution in [0.2, 0.25) is 0 Å². The molecule has 3 unspecified atom stereocenters. The molecule has 0 radical (unpaired) electrons. The molecule has 2 N–H and O–H groups in total. The van der Waals surface area contributed by atoms with Gasteiger partial charge >= 0.3 is 0 Å². The predicted molar refractivity (Wildman–Crippen MR) is 339 cm³/mol. The molecule has 9 heteroatoms. The average Bonchev–Trinajstić information content (AvgIpc) is 3.41. The summed E-state index contributed by atoms with van der Waals surface area (Å²) in [5.74, 6) is -0.206. The SMILES string of the molecule is CCCCCCCCCCCCCC/C=C\CCCCCCCCCCCCCCCCCCC(=O)NC(COP(=O)([O-])OCC[N+](C)(C)C)C(O)/C=C/CC/C=C/CC/C=C/CCCCCCCCCCCCCCCC. The molecule has 0 heterocycles. The number of amides is 1. The van der Waals surface area contributed by atoms with Crippen LogP contribution < -0.4 is 10.2 Å². The summed E-state index contributed by atoms with van der Waals surface area (Å²) in [6.45, 7) is 4.67. The Labute approximate surface area is 486 Å². The first kappa shape index (κ1) is 76.5. The van der Waals surface area contributed by atoms with Gasteiger partial charge in [0.05, 0.1) is 39.9 Å². The minimum Gasteiger partial charge on any atom is -0.756 e. The number of hydrogen-bond acceptors (Lipinski definition) is 6. The zero-order chi connectivity index (χ0) is 57.0. The molecule has 0 rings (SSSR count). The standard InChI is InChI=1S/C69H133N2O6P/c1-6-8-10-12-14-16-18-20-22-24-26-28-30-32-33-34-35-36-37-38-39-41-43-45-47-49-51-53-55-57-59-61-63-69(73)70-67(66-77-78(74,75)76-65-64-71(3,4)5)68(72)62-60-58-56-54-52-50-48-46-44-42-40-31-29-27-25-23-21-19-17-15-13-11-9-7-2/h32-33,44,46,52,54,60,62,67-68,72H,6-31,34-43,45,47-51,53,55-59,61,63-66H2,1-5H3,(H-,70,73,74,75)/b33-32-,46-44+,54-52+,62-60+. The van der Waals surface area contributed by atoms with Gasteiger partial charge in [0.2, 0.25) is 5.91 Å². The monoisotopic (exact) mass is 1120 g/mol. The number of carbonyl (C=O) groups excluding carboxylic acids is 1. The molecule has 1 amide bonds. The Morgan fingerprint density at radius 1 is 0.436 bits per heavy atom. The van der Waals surface area contributed by atoms with E-state index in [4.69, 9.17) is 9.05 Å². The van der Waals surface area contributed by atoms with E-state index in [2.05, 4.69) is 55.6 Å². The number of quaternary nitrogens is 1. The van der Waals surface area contributed by atoms with Crippen molar-refractivity contribution in [3.05, 3.63) is 48.6 Å². The van der Waals surface area contributed by atoms with Crippen LogP contribution in [0.25, 0.3) is 0 Å². The molecule has 0 saturated carbocycles. The fraction of sp³-hybridized carbons (Fsp3) is 0.870. The molecule has 0 aliphatic heterocycles. The van der Waals surface area contributed by atoms with Gasteiger partial charge < -0.3 is 28.8 Å². The number of aliphatic hydroxyl groups excluding tert-OH is 1. The van der Waals surface area contributed by atoms with E-state index in [-0.39, 0.29) is 12.5 Å². The Balaban J connectivity index is 4.11. The van der Waals surface area contributed by atoms with Crippen LogP contribution in [0.1, 0.15) is 335 Å². The van der Waals surface area contributed by atoms with Crippen molar-refractivity contribution in [2.75, 3.05) is 40.9 Å². The zero-order valence-electron chi connectivity index (χ0n) is 52.6. The van der Waals surface area contributed by atoms with Crippen molar-refractivity contribution in [2.45, 2.75) is 347 Å². The molecule has 0 aromatic rings. The maximum absolute atomic E-state index is 13.0. The lowest BCUT2D eigenvalue weighted by atomic mass is 10.0. The lowest BCUT2D eigenvalue weighted by Crippen LogP contribution is -2.45. The van der Waals surface area contributed by atoms with Crippen molar-refractivity contribution in [3.63, 3.8) is 0 Å². The zero-order valence-corrected chi connectivity index (χ0v) is 53.5. The fourth-order valence-electron chi connectivity index (χ4n) is 10.2. The lowest BCUT2D eigenvalue weighted by molar-refractivity contribution is -0.870. The van der Waals surface area contributed by atoms with E-state index in [1.54, 1.807) is 6.08 Å². The third-order valence-corrected chi connectivity index (χ3v) is 16.5. The molecule has 0 aliphatic rings. The van der Waals surface area contributed by atoms with Crippen molar-refractivity contribution >= 4 is 13.7 Å². The minimum absolute atomic E-state index is 0.00845. The number of aliphatic hydroxyl groups is 1. The van der Waals surface area contributed by atoms with Gasteiger partial charge in [0.25, 0.3) is 7.82 Å². The van der Waals surface area contributed by atoms with Crippen LogP contribution in [-0.4, -0.2) is 68.5 Å². The summed E-state index contributed by atoms with van der Waals surface area (Å²) < 4.78 is 23.4. The highest BCUT2D eigenvalue weighted by Crippen LogP contribution is 2.38. The minimum atomic E-state index is -4.61. The van der Waals surface area contributed by atoms with Gasteiger partial charge in [0.1, 0.15) is 13.2 Å². The maximum atomic E-state index is 13.0. The molecule has 8 nitrogen and oxygen atoms in total. The molecule has 460 valence electrons. The van der Waals surface area contributed by atoms with Gasteiger partial charge in [0.15, 0.2) is 0 Å². The first-order chi connectivity index (χ1) is 38.0. The van der Waals surface area contributed by atoms with Crippen LogP contribution >= 0.6 is 7.82 Å². The molecule has 0 fully saturated rings. The van der Waals surface area contributed by atoms with E-state index in [1.807, 2.05) is 27.2 Å². The Morgan fingerprint density at radius 3 is 1.04 bits per heavy atom. The smallest absolute Gasteiger partial charge is 0.268 e. The van der Waals surface area contributed by atoms with Gasteiger partial charge in [-0.25, -0.2) is 0 Å². The largest absolute Gasteiger partial charge is 0.756 e. The summed E-state index contributed by atoms with van der Waals surface area (Å²) in [6.07, 6.45) is 80.9. The Kier molecular flexibility index (Phi) is 58.9. The van der Waals surface area contributed by atoms with Gasteiger partial charge in [-0.1, -0.05) is 306 Å². The third-order valence-electron chi connectivity index (χ3n) is 15.5. The van der Waals surface area contributed by atoms with E-state index >= 15 is 0 Å². The number of nitrogens with one attached hydrogen (secondary N) is 1. The van der Waals surface area contributed by atoms with E-state index < -0.39 is 26.6 Å². The van der Waals surface area contributed by atoms with E-state index in [9.17, 15) is 19.4 Å². The molecule has 78 heavy (non-hydrogen) atoms. The van der Waals surface area contributed by atoms with Gasteiger partial charge in [-0.2, -0.15) is 0 Å². The maximum Gasteiger partial charge on any atom is 0.268 e. The number of hydrogen-bond donors (Lipinski definition) is 2. The summed E-state index contributed by atoms with van der Waals surface area (Å²) in [6, 6.07) is -0.911. The third kappa shape index (κ3) is 62.1. The van der Waals surface area contributed by atoms with Crippen molar-refractivity contribution in [2.24, 2.45) is 0 Å². The number of unbranched alkanes of at least 4 members (excludes halogenated alkanes) is 44. The van der Waals surface area contributed by atoms with Crippen LogP contribution in [0.4, 0.5) is 0 Å². The Morgan fingerprint density at radius 2 is 0.718 bits per heavy atom. The fourth-order valence-corrected chi connectivity index (χ4v) is 10.9. The highest BCUT2D eigenvalue weighted by atomic mass is 31.2. The van der Waals surface area contributed by atoms with Crippen LogP contribution in [-0.2, 0) is 18.4 Å². The van der Waals surface area contributed by atoms with E-state index in [0.717, 1.165) is 44.9 Å². The summed E-state index contributed by atoms with van der Waals surface area (Å²) in [4.78, 5) is 25.6. The van der Waals surface area contributed by atoms with Gasteiger partial charge in [-0.05, 0) is 70.6 Å². The van der Waals surface area contributed by atoms with E-state index in [1.165, 1.54) is 270 Å². The van der Waals surface area contributed by atoms with Crippen LogP contribution in [0, 0.1) is 0 Å². The topological polar surface area (TPSA) is 108 Å². The van der Waals surface area contributed by atoms with Gasteiger partial charge in [-0.3, -0.25) is 9.36 Å². The van der Waals surface area contributed by atoms with Crippen molar-refractivity contribution in [3.8, 4) is 0 Å². The van der Waals surface area contributed by atoms with Crippen molar-refractivity contribution in [1.29, 1.82) is 0 Å². The molecule has 0 aliphatic carbocycles. The number of phosphoric ester groups is 1. The van der Waals surface area contributed by atoms with Crippen LogP contribution in [0.3, 0.4) is 0 Å². The Bertz CT molecular complexity index is 1410. The van der Waals surface area contributed by atoms with Gasteiger partial charge in [-0.15, -0.1) is 0 Å². The summed E-state index contributed by atoms with van der Waals surface area (Å²) >= 11 is 0. The van der Waals surface area contributed by atoms with E-state index in [0.29, 0.717) is 17.4 Å². The van der Waals surface area contributed by atoms with Crippen LogP contribution in [0.5, 0.6) is 0 Å². The summed E-state index contributed by atoms with van der Waals surface area (Å²) in [7, 11) is 1.25. The highest BCUT2D eigenvalue weighted by Gasteiger charge is 2.23. The molecule has 3 atom stereocenters. The van der Waals surface area contributed by atoms with Gasteiger partial charge in [0, 0.05) is 6.42 Å². The molecule has 0 spiro atoms. The second kappa shape index (κ2) is 60.1. The van der Waals surface area contributed by atoms with Crippen LogP contribution in [0.15, 0.2) is 48.6 Å². The summed E-state index contributed by atoms with van der Waals surface area (Å²) in [5, 5.41) is 13.9. The molecule has 0 aromatic carbocycles. The Hall–Kier alpha value is -1.54. The molecular formula is C69H133N2O6P.